The topological polar surface area (TPSA) is 84.0 Å². The summed E-state index contributed by atoms with van der Waals surface area (Å²) in [7, 11) is -3.70. The van der Waals surface area contributed by atoms with E-state index in [9.17, 15) is 18.0 Å². The van der Waals surface area contributed by atoms with Gasteiger partial charge in [0.2, 0.25) is 15.9 Å². The van der Waals surface area contributed by atoms with Crippen LogP contribution in [0, 0.1) is 0 Å². The lowest BCUT2D eigenvalue weighted by atomic mass is 10.2. The van der Waals surface area contributed by atoms with Crippen LogP contribution in [0.2, 0.25) is 0 Å². The second-order valence-electron chi connectivity index (χ2n) is 5.57. The molecule has 0 atom stereocenters. The summed E-state index contributed by atoms with van der Waals surface area (Å²) >= 11 is 0. The Morgan fingerprint density at radius 2 is 1.83 bits per heavy atom. The van der Waals surface area contributed by atoms with Gasteiger partial charge in [-0.3, -0.25) is 4.79 Å². The maximum absolute atomic E-state index is 12.7. The Morgan fingerprint density at radius 1 is 1.17 bits per heavy atom. The highest BCUT2D eigenvalue weighted by Gasteiger charge is 2.29. The molecular formula is C16H22N2O5S. The summed E-state index contributed by atoms with van der Waals surface area (Å²) in [5, 5.41) is 0. The predicted octanol–water partition coefficient (Wildman–Crippen LogP) is 1.11. The van der Waals surface area contributed by atoms with E-state index in [0.29, 0.717) is 26.1 Å². The van der Waals surface area contributed by atoms with Gasteiger partial charge in [0, 0.05) is 33.1 Å². The van der Waals surface area contributed by atoms with Crippen LogP contribution in [0.15, 0.2) is 29.2 Å². The van der Waals surface area contributed by atoms with Crippen LogP contribution in [0.4, 0.5) is 0 Å². The number of nitrogens with zero attached hydrogens (tertiary/aromatic N) is 2. The van der Waals surface area contributed by atoms with Crippen molar-refractivity contribution in [2.24, 2.45) is 0 Å². The summed E-state index contributed by atoms with van der Waals surface area (Å²) in [5.74, 6) is -0.594. The molecule has 1 aromatic carbocycles. The summed E-state index contributed by atoms with van der Waals surface area (Å²) in [5.41, 5.74) is 0.215. The van der Waals surface area contributed by atoms with Crippen molar-refractivity contribution in [3.8, 4) is 0 Å². The molecule has 7 nitrogen and oxygen atoms in total. The highest BCUT2D eigenvalue weighted by molar-refractivity contribution is 7.89. The van der Waals surface area contributed by atoms with E-state index >= 15 is 0 Å². The smallest absolute Gasteiger partial charge is 0.338 e. The molecule has 0 saturated carbocycles. The van der Waals surface area contributed by atoms with E-state index in [4.69, 9.17) is 4.74 Å². The molecule has 0 bridgehead atoms. The van der Waals surface area contributed by atoms with E-state index in [1.54, 1.807) is 4.90 Å². The molecule has 8 heteroatoms. The Hall–Kier alpha value is -1.93. The number of ether oxygens (including phenoxy) is 1. The van der Waals surface area contributed by atoms with Crippen LogP contribution < -0.4 is 0 Å². The summed E-state index contributed by atoms with van der Waals surface area (Å²) < 4.78 is 31.8. The number of piperazine rings is 1. The molecule has 24 heavy (non-hydrogen) atoms. The van der Waals surface area contributed by atoms with E-state index in [2.05, 4.69) is 0 Å². The minimum Gasteiger partial charge on any atom is -0.462 e. The first-order valence-electron chi connectivity index (χ1n) is 7.89. The van der Waals surface area contributed by atoms with Gasteiger partial charge in [-0.1, -0.05) is 13.0 Å². The lowest BCUT2D eigenvalue weighted by Gasteiger charge is -2.33. The van der Waals surface area contributed by atoms with E-state index in [1.807, 2.05) is 6.92 Å². The number of hydrogen-bond donors (Lipinski definition) is 0. The molecule has 1 aromatic rings. The second-order valence-corrected chi connectivity index (χ2v) is 7.51. The average molecular weight is 354 g/mol. The number of sulfonamides is 1. The molecule has 0 N–H and O–H groups in total. The van der Waals surface area contributed by atoms with E-state index in [1.165, 1.54) is 35.5 Å². The predicted molar refractivity (Wildman–Crippen MR) is 88.0 cm³/mol. The number of hydrogen-bond acceptors (Lipinski definition) is 5. The molecule has 2 rings (SSSR count). The Balaban J connectivity index is 2.15. The molecule has 1 fully saturated rings. The molecule has 0 unspecified atom stereocenters. The molecule has 1 heterocycles. The first-order valence-corrected chi connectivity index (χ1v) is 9.33. The first kappa shape index (κ1) is 18.4. The largest absolute Gasteiger partial charge is 0.462 e. The Morgan fingerprint density at radius 3 is 2.42 bits per heavy atom. The fourth-order valence-corrected chi connectivity index (χ4v) is 3.92. The van der Waals surface area contributed by atoms with Gasteiger partial charge in [0.15, 0.2) is 0 Å². The minimum absolute atomic E-state index is 0.0599. The van der Waals surface area contributed by atoms with Crippen molar-refractivity contribution in [2.45, 2.75) is 25.2 Å². The van der Waals surface area contributed by atoms with Crippen LogP contribution >= 0.6 is 0 Å². The summed E-state index contributed by atoms with van der Waals surface area (Å²) in [6, 6.07) is 5.86. The number of carbonyl (C=O) groups is 2. The zero-order valence-corrected chi connectivity index (χ0v) is 14.7. The summed E-state index contributed by atoms with van der Waals surface area (Å²) in [4.78, 5) is 24.9. The number of esters is 1. The molecule has 1 saturated heterocycles. The quantitative estimate of drug-likeness (QED) is 0.740. The second kappa shape index (κ2) is 7.76. The van der Waals surface area contributed by atoms with Gasteiger partial charge in [0.1, 0.15) is 0 Å². The van der Waals surface area contributed by atoms with Crippen molar-refractivity contribution >= 4 is 21.9 Å². The van der Waals surface area contributed by atoms with Gasteiger partial charge < -0.3 is 9.64 Å². The molecule has 132 valence electrons. The lowest BCUT2D eigenvalue weighted by Crippen LogP contribution is -2.49. The van der Waals surface area contributed by atoms with Crippen molar-refractivity contribution < 1.29 is 22.7 Å². The van der Waals surface area contributed by atoms with E-state index < -0.39 is 16.0 Å². The van der Waals surface area contributed by atoms with Gasteiger partial charge in [-0.2, -0.15) is 4.31 Å². The van der Waals surface area contributed by atoms with Crippen LogP contribution in [0.1, 0.15) is 30.6 Å². The lowest BCUT2D eigenvalue weighted by molar-refractivity contribution is -0.129. The number of carbonyl (C=O) groups excluding carboxylic acids is 2. The van der Waals surface area contributed by atoms with Crippen molar-refractivity contribution in [1.29, 1.82) is 0 Å². The molecule has 0 radical (unpaired) electrons. The van der Waals surface area contributed by atoms with Gasteiger partial charge in [0.05, 0.1) is 17.1 Å². The van der Waals surface area contributed by atoms with Gasteiger partial charge in [-0.25, -0.2) is 13.2 Å². The number of rotatable bonds is 5. The Labute approximate surface area is 142 Å². The van der Waals surface area contributed by atoms with E-state index in [-0.39, 0.29) is 29.5 Å². The number of benzene rings is 1. The van der Waals surface area contributed by atoms with Crippen molar-refractivity contribution in [3.63, 3.8) is 0 Å². The fraction of sp³-hybridized carbons (Fsp3) is 0.500. The number of amides is 1. The van der Waals surface area contributed by atoms with Gasteiger partial charge in [-0.05, 0) is 24.6 Å². The van der Waals surface area contributed by atoms with E-state index in [0.717, 1.165) is 0 Å². The maximum atomic E-state index is 12.7. The highest BCUT2D eigenvalue weighted by atomic mass is 32.2. The minimum atomic E-state index is -3.70. The third-order valence-corrected chi connectivity index (χ3v) is 5.72. The fourth-order valence-electron chi connectivity index (χ4n) is 2.45. The molecule has 0 aromatic heterocycles. The monoisotopic (exact) mass is 354 g/mol. The van der Waals surface area contributed by atoms with Crippen LogP contribution in [0.5, 0.6) is 0 Å². The zero-order valence-electron chi connectivity index (χ0n) is 13.9. The molecule has 1 aliphatic heterocycles. The van der Waals surface area contributed by atoms with Crippen LogP contribution in [-0.4, -0.2) is 62.3 Å². The van der Waals surface area contributed by atoms with Crippen molar-refractivity contribution in [1.82, 2.24) is 9.21 Å². The standard InChI is InChI=1S/C16H22N2O5S/c1-3-11-23-16(20)14-5-4-6-15(12-14)24(21,22)18-9-7-17(8-10-18)13(2)19/h4-6,12H,3,7-11H2,1-2H3. The van der Waals surface area contributed by atoms with Crippen molar-refractivity contribution in [3.05, 3.63) is 29.8 Å². The van der Waals surface area contributed by atoms with Gasteiger partial charge >= 0.3 is 5.97 Å². The van der Waals surface area contributed by atoms with Gasteiger partial charge in [0.25, 0.3) is 0 Å². The molecule has 1 aliphatic rings. The normalized spacial score (nSPS) is 16.0. The third kappa shape index (κ3) is 4.12. The summed E-state index contributed by atoms with van der Waals surface area (Å²) in [6.45, 7) is 4.87. The highest BCUT2D eigenvalue weighted by Crippen LogP contribution is 2.19. The maximum Gasteiger partial charge on any atom is 0.338 e. The molecule has 1 amide bonds. The van der Waals surface area contributed by atoms with Crippen molar-refractivity contribution in [2.75, 3.05) is 32.8 Å². The average Bonchev–Trinajstić information content (AvgIpc) is 2.59. The zero-order chi connectivity index (χ0) is 17.7. The summed E-state index contributed by atoms with van der Waals surface area (Å²) in [6.07, 6.45) is 0.699. The van der Waals surface area contributed by atoms with Crippen LogP contribution in [0.25, 0.3) is 0 Å². The third-order valence-electron chi connectivity index (χ3n) is 3.83. The molecular weight excluding hydrogens is 332 g/mol. The van der Waals surface area contributed by atoms with Gasteiger partial charge in [-0.15, -0.1) is 0 Å². The Bertz CT molecular complexity index is 709. The Kier molecular flexibility index (Phi) is 5.95. The van der Waals surface area contributed by atoms with Crippen LogP contribution in [0.3, 0.4) is 0 Å². The first-order chi connectivity index (χ1) is 11.4. The molecule has 0 aliphatic carbocycles. The van der Waals surface area contributed by atoms with Crippen LogP contribution in [-0.2, 0) is 19.6 Å². The molecule has 0 spiro atoms. The SMILES string of the molecule is CCCOC(=O)c1cccc(S(=O)(=O)N2CCN(C(C)=O)CC2)c1.